The molecule has 6 heteroatoms. The minimum Gasteiger partial charge on any atom is -0.352 e. The largest absolute Gasteiger partial charge is 0.352 e. The van der Waals surface area contributed by atoms with Crippen molar-refractivity contribution >= 4 is 12.1 Å². The van der Waals surface area contributed by atoms with Crippen LogP contribution in [-0.2, 0) is 0 Å². The Bertz CT molecular complexity index is 159. The van der Waals surface area contributed by atoms with Crippen LogP contribution in [0.4, 0.5) is 9.59 Å². The average molecular weight is 160 g/mol. The Kier molecular flexibility index (Phi) is 3.79. The van der Waals surface area contributed by atoms with Crippen molar-refractivity contribution in [3.05, 3.63) is 0 Å². The van der Waals surface area contributed by atoms with Crippen LogP contribution < -0.4 is 16.8 Å². The van der Waals surface area contributed by atoms with E-state index in [0.29, 0.717) is 13.1 Å². The Morgan fingerprint density at radius 3 is 2.36 bits per heavy atom. The van der Waals surface area contributed by atoms with Gasteiger partial charge in [0.2, 0.25) is 0 Å². The van der Waals surface area contributed by atoms with Crippen molar-refractivity contribution in [1.82, 2.24) is 10.2 Å². The van der Waals surface area contributed by atoms with Crippen LogP contribution in [0.15, 0.2) is 0 Å². The summed E-state index contributed by atoms with van der Waals surface area (Å²) in [7, 11) is 1.53. The van der Waals surface area contributed by atoms with Crippen molar-refractivity contribution in [2.75, 3.05) is 20.1 Å². The van der Waals surface area contributed by atoms with Crippen LogP contribution in [0.2, 0.25) is 0 Å². The molecule has 4 amide bonds. The normalized spacial score (nSPS) is 8.82. The molecular formula is C5H12N4O2. The fraction of sp³-hybridized carbons (Fsp3) is 0.600. The van der Waals surface area contributed by atoms with Gasteiger partial charge in [0, 0.05) is 20.1 Å². The highest BCUT2D eigenvalue weighted by Gasteiger charge is 2.01. The molecule has 0 aliphatic carbocycles. The Hall–Kier alpha value is -1.46. The molecule has 0 atom stereocenters. The third-order valence-corrected chi connectivity index (χ3v) is 1.12. The number of amides is 4. The second kappa shape index (κ2) is 4.37. The molecule has 0 rings (SSSR count). The second-order valence-electron chi connectivity index (χ2n) is 2.05. The molecule has 0 aliphatic rings. The molecule has 0 bridgehead atoms. The van der Waals surface area contributed by atoms with E-state index in [1.807, 2.05) is 0 Å². The first-order valence-electron chi connectivity index (χ1n) is 3.08. The molecule has 0 fully saturated rings. The highest BCUT2D eigenvalue weighted by molar-refractivity contribution is 5.72. The third kappa shape index (κ3) is 5.01. The summed E-state index contributed by atoms with van der Waals surface area (Å²) in [6, 6.07) is -1.14. The van der Waals surface area contributed by atoms with Gasteiger partial charge in [-0.05, 0) is 0 Å². The van der Waals surface area contributed by atoms with Crippen molar-refractivity contribution in [2.24, 2.45) is 11.5 Å². The van der Waals surface area contributed by atoms with E-state index in [2.05, 4.69) is 5.32 Å². The maximum absolute atomic E-state index is 10.4. The van der Waals surface area contributed by atoms with E-state index in [1.54, 1.807) is 0 Å². The third-order valence-electron chi connectivity index (χ3n) is 1.12. The molecule has 0 saturated carbocycles. The van der Waals surface area contributed by atoms with Gasteiger partial charge >= 0.3 is 12.1 Å². The molecule has 64 valence electrons. The molecule has 0 aromatic heterocycles. The van der Waals surface area contributed by atoms with E-state index in [0.717, 1.165) is 0 Å². The summed E-state index contributed by atoms with van der Waals surface area (Å²) < 4.78 is 0. The van der Waals surface area contributed by atoms with Gasteiger partial charge in [0.15, 0.2) is 0 Å². The molecule has 0 heterocycles. The fourth-order valence-corrected chi connectivity index (χ4v) is 0.457. The molecule has 6 nitrogen and oxygen atoms in total. The van der Waals surface area contributed by atoms with Gasteiger partial charge in [-0.2, -0.15) is 0 Å². The minimum absolute atomic E-state index is 0.314. The molecule has 0 aliphatic heterocycles. The maximum atomic E-state index is 10.4. The molecule has 11 heavy (non-hydrogen) atoms. The summed E-state index contributed by atoms with van der Waals surface area (Å²) in [5.74, 6) is 0. The van der Waals surface area contributed by atoms with E-state index in [1.165, 1.54) is 11.9 Å². The number of likely N-dealkylation sites (N-methyl/N-ethyl adjacent to an activating group) is 1. The van der Waals surface area contributed by atoms with Gasteiger partial charge < -0.3 is 21.7 Å². The molecular weight excluding hydrogens is 148 g/mol. The minimum atomic E-state index is -0.608. The van der Waals surface area contributed by atoms with Crippen molar-refractivity contribution in [2.45, 2.75) is 0 Å². The van der Waals surface area contributed by atoms with Crippen LogP contribution in [0.1, 0.15) is 0 Å². The van der Waals surface area contributed by atoms with Gasteiger partial charge in [0.05, 0.1) is 0 Å². The lowest BCUT2D eigenvalue weighted by Crippen LogP contribution is -2.40. The van der Waals surface area contributed by atoms with Gasteiger partial charge in [-0.1, -0.05) is 0 Å². The molecule has 0 aromatic carbocycles. The monoisotopic (exact) mass is 160 g/mol. The number of hydrogen-bond acceptors (Lipinski definition) is 2. The summed E-state index contributed by atoms with van der Waals surface area (Å²) in [5, 5.41) is 2.32. The second-order valence-corrected chi connectivity index (χ2v) is 2.05. The highest BCUT2D eigenvalue weighted by atomic mass is 16.2. The first-order chi connectivity index (χ1) is 5.04. The predicted octanol–water partition coefficient (Wildman–Crippen LogP) is -1.33. The SMILES string of the molecule is CN(CCNC(N)=O)C(N)=O. The molecule has 0 radical (unpaired) electrons. The Labute approximate surface area is 64.5 Å². The zero-order chi connectivity index (χ0) is 8.85. The first-order valence-corrected chi connectivity index (χ1v) is 3.08. The molecule has 0 spiro atoms. The number of urea groups is 2. The number of primary amides is 2. The summed E-state index contributed by atoms with van der Waals surface area (Å²) in [5.41, 5.74) is 9.67. The lowest BCUT2D eigenvalue weighted by atomic mass is 10.5. The van der Waals surface area contributed by atoms with Crippen molar-refractivity contribution in [1.29, 1.82) is 0 Å². The molecule has 0 unspecified atom stereocenters. The summed E-state index contributed by atoms with van der Waals surface area (Å²) in [4.78, 5) is 21.8. The van der Waals surface area contributed by atoms with Gasteiger partial charge in [0.25, 0.3) is 0 Å². The standard InChI is InChI=1S/C5H12N4O2/c1-9(5(7)11)3-2-8-4(6)10/h2-3H2,1H3,(H2,7,11)(H3,6,8,10). The van der Waals surface area contributed by atoms with E-state index < -0.39 is 12.1 Å². The number of nitrogens with zero attached hydrogens (tertiary/aromatic N) is 1. The van der Waals surface area contributed by atoms with E-state index in [4.69, 9.17) is 11.5 Å². The summed E-state index contributed by atoms with van der Waals surface area (Å²) in [6.07, 6.45) is 0. The lowest BCUT2D eigenvalue weighted by molar-refractivity contribution is 0.217. The first kappa shape index (κ1) is 9.54. The van der Waals surface area contributed by atoms with Crippen molar-refractivity contribution in [3.8, 4) is 0 Å². The fourth-order valence-electron chi connectivity index (χ4n) is 0.457. The van der Waals surface area contributed by atoms with Gasteiger partial charge in [0.1, 0.15) is 0 Å². The smallest absolute Gasteiger partial charge is 0.314 e. The number of nitrogens with one attached hydrogen (secondary N) is 1. The van der Waals surface area contributed by atoms with Crippen LogP contribution in [0.3, 0.4) is 0 Å². The van der Waals surface area contributed by atoms with Crippen molar-refractivity contribution < 1.29 is 9.59 Å². The topological polar surface area (TPSA) is 101 Å². The zero-order valence-electron chi connectivity index (χ0n) is 6.33. The summed E-state index contributed by atoms with van der Waals surface area (Å²) in [6.45, 7) is 0.674. The van der Waals surface area contributed by atoms with Crippen molar-refractivity contribution in [3.63, 3.8) is 0 Å². The van der Waals surface area contributed by atoms with Crippen LogP contribution in [0, 0.1) is 0 Å². The van der Waals surface area contributed by atoms with E-state index in [-0.39, 0.29) is 0 Å². The maximum Gasteiger partial charge on any atom is 0.314 e. The quantitative estimate of drug-likeness (QED) is 0.476. The van der Waals surface area contributed by atoms with Crippen LogP contribution in [0.25, 0.3) is 0 Å². The highest BCUT2D eigenvalue weighted by Crippen LogP contribution is 1.77. The number of hydrogen-bond donors (Lipinski definition) is 3. The van der Waals surface area contributed by atoms with Crippen LogP contribution >= 0.6 is 0 Å². The Morgan fingerprint density at radius 1 is 1.45 bits per heavy atom. The average Bonchev–Trinajstić information content (AvgIpc) is 1.86. The predicted molar refractivity (Wildman–Crippen MR) is 39.8 cm³/mol. The Morgan fingerprint density at radius 2 is 2.00 bits per heavy atom. The molecule has 5 N–H and O–H groups in total. The van der Waals surface area contributed by atoms with E-state index in [9.17, 15) is 9.59 Å². The van der Waals surface area contributed by atoms with Gasteiger partial charge in [-0.25, -0.2) is 9.59 Å². The summed E-state index contributed by atoms with van der Waals surface area (Å²) >= 11 is 0. The molecule has 0 aromatic rings. The molecule has 0 saturated heterocycles. The number of nitrogens with two attached hydrogens (primary N) is 2. The number of rotatable bonds is 3. The van der Waals surface area contributed by atoms with Gasteiger partial charge in [-0.3, -0.25) is 0 Å². The van der Waals surface area contributed by atoms with Gasteiger partial charge in [-0.15, -0.1) is 0 Å². The number of carbonyl (C=O) groups excluding carboxylic acids is 2. The Balaban J connectivity index is 3.39. The van der Waals surface area contributed by atoms with E-state index >= 15 is 0 Å². The lowest BCUT2D eigenvalue weighted by Gasteiger charge is -2.13. The number of carbonyl (C=O) groups is 2. The van der Waals surface area contributed by atoms with Crippen LogP contribution in [0.5, 0.6) is 0 Å². The van der Waals surface area contributed by atoms with Crippen LogP contribution in [-0.4, -0.2) is 37.1 Å². The zero-order valence-corrected chi connectivity index (χ0v) is 6.33.